The van der Waals surface area contributed by atoms with Crippen LogP contribution in [0.25, 0.3) is 0 Å². The second-order valence-corrected chi connectivity index (χ2v) is 5.16. The molecule has 1 unspecified atom stereocenters. The van der Waals surface area contributed by atoms with Crippen LogP contribution >= 0.6 is 0 Å². The minimum absolute atomic E-state index is 0.0411. The third kappa shape index (κ3) is 5.05. The van der Waals surface area contributed by atoms with E-state index >= 15 is 0 Å². The fraction of sp³-hybridized carbons (Fsp3) is 0.529. The summed E-state index contributed by atoms with van der Waals surface area (Å²) >= 11 is 0. The molecule has 0 spiro atoms. The normalized spacial score (nSPS) is 11.7. The van der Waals surface area contributed by atoms with Crippen LogP contribution in [-0.2, 0) is 0 Å². The van der Waals surface area contributed by atoms with Crippen LogP contribution in [-0.4, -0.2) is 11.9 Å². The van der Waals surface area contributed by atoms with E-state index in [-0.39, 0.29) is 11.9 Å². The highest BCUT2D eigenvalue weighted by Crippen LogP contribution is 2.22. The minimum atomic E-state index is -0.0411. The standard InChI is InChI=1S/C17H23NO2/c1-4-5-6-7-8-13(2)20-17-10-9-15(14(3)19)11-16(17)12-18/h9-11,13H,4-8H2,1-3H3. The van der Waals surface area contributed by atoms with E-state index in [0.29, 0.717) is 16.9 Å². The molecule has 0 aliphatic heterocycles. The van der Waals surface area contributed by atoms with Crippen molar-refractivity contribution in [1.29, 1.82) is 5.26 Å². The molecule has 0 aliphatic carbocycles. The zero-order valence-corrected chi connectivity index (χ0v) is 12.6. The third-order valence-electron chi connectivity index (χ3n) is 3.30. The van der Waals surface area contributed by atoms with E-state index in [9.17, 15) is 4.79 Å². The summed E-state index contributed by atoms with van der Waals surface area (Å²) in [4.78, 5) is 11.3. The highest BCUT2D eigenvalue weighted by molar-refractivity contribution is 5.94. The predicted octanol–water partition coefficient (Wildman–Crippen LogP) is 4.50. The number of unbranched alkanes of at least 4 members (excludes halogenated alkanes) is 3. The Morgan fingerprint density at radius 3 is 2.70 bits per heavy atom. The Kier molecular flexibility index (Phi) is 6.79. The lowest BCUT2D eigenvalue weighted by molar-refractivity contribution is 0.101. The van der Waals surface area contributed by atoms with E-state index in [0.717, 1.165) is 12.8 Å². The van der Waals surface area contributed by atoms with Crippen LogP contribution in [0, 0.1) is 11.3 Å². The van der Waals surface area contributed by atoms with Crippen LogP contribution in [0.1, 0.15) is 68.8 Å². The van der Waals surface area contributed by atoms with Crippen molar-refractivity contribution in [3.05, 3.63) is 29.3 Å². The average molecular weight is 273 g/mol. The summed E-state index contributed by atoms with van der Waals surface area (Å²) < 4.78 is 5.82. The predicted molar refractivity (Wildman–Crippen MR) is 80.0 cm³/mol. The van der Waals surface area contributed by atoms with Crippen molar-refractivity contribution >= 4 is 5.78 Å². The Balaban J connectivity index is 2.63. The molecule has 0 amide bonds. The summed E-state index contributed by atoms with van der Waals surface area (Å²) in [6, 6.07) is 7.12. The monoisotopic (exact) mass is 273 g/mol. The van der Waals surface area contributed by atoms with Crippen molar-refractivity contribution in [3.63, 3.8) is 0 Å². The molecule has 0 bridgehead atoms. The molecule has 0 saturated heterocycles. The lowest BCUT2D eigenvalue weighted by atomic mass is 10.1. The van der Waals surface area contributed by atoms with Gasteiger partial charge in [0.05, 0.1) is 11.7 Å². The highest BCUT2D eigenvalue weighted by Gasteiger charge is 2.10. The van der Waals surface area contributed by atoms with E-state index in [1.807, 2.05) is 6.92 Å². The maximum atomic E-state index is 11.3. The molecule has 108 valence electrons. The number of nitriles is 1. The first-order valence-corrected chi connectivity index (χ1v) is 7.30. The van der Waals surface area contributed by atoms with E-state index < -0.39 is 0 Å². The zero-order chi connectivity index (χ0) is 15.0. The van der Waals surface area contributed by atoms with E-state index in [1.54, 1.807) is 18.2 Å². The number of ether oxygens (including phenoxy) is 1. The number of nitrogens with zero attached hydrogens (tertiary/aromatic N) is 1. The quantitative estimate of drug-likeness (QED) is 0.517. The van der Waals surface area contributed by atoms with Crippen LogP contribution in [0.4, 0.5) is 0 Å². The molecule has 0 aromatic heterocycles. The Morgan fingerprint density at radius 1 is 1.35 bits per heavy atom. The molecule has 0 radical (unpaired) electrons. The second-order valence-electron chi connectivity index (χ2n) is 5.16. The van der Waals surface area contributed by atoms with Gasteiger partial charge < -0.3 is 4.74 Å². The molecule has 0 heterocycles. The number of Topliss-reactive ketones (excluding diaryl/α,β-unsaturated/α-hetero) is 1. The van der Waals surface area contributed by atoms with Crippen molar-refractivity contribution < 1.29 is 9.53 Å². The fourth-order valence-corrected chi connectivity index (χ4v) is 2.07. The number of hydrogen-bond acceptors (Lipinski definition) is 3. The van der Waals surface area contributed by atoms with Gasteiger partial charge in [-0.25, -0.2) is 0 Å². The Bertz CT molecular complexity index is 488. The minimum Gasteiger partial charge on any atom is -0.489 e. The summed E-state index contributed by atoms with van der Waals surface area (Å²) in [5, 5.41) is 9.14. The van der Waals surface area contributed by atoms with Gasteiger partial charge in [0, 0.05) is 5.56 Å². The molecule has 0 fully saturated rings. The van der Waals surface area contributed by atoms with Gasteiger partial charge >= 0.3 is 0 Å². The molecule has 1 atom stereocenters. The van der Waals surface area contributed by atoms with Crippen molar-refractivity contribution in [3.8, 4) is 11.8 Å². The van der Waals surface area contributed by atoms with Gasteiger partial charge in [0.15, 0.2) is 5.78 Å². The first-order valence-electron chi connectivity index (χ1n) is 7.30. The van der Waals surface area contributed by atoms with Crippen LogP contribution in [0.15, 0.2) is 18.2 Å². The van der Waals surface area contributed by atoms with E-state index in [1.165, 1.54) is 26.2 Å². The largest absolute Gasteiger partial charge is 0.489 e. The number of benzene rings is 1. The zero-order valence-electron chi connectivity index (χ0n) is 12.6. The summed E-state index contributed by atoms with van der Waals surface area (Å²) in [5.74, 6) is 0.529. The Labute approximate surface area is 121 Å². The summed E-state index contributed by atoms with van der Waals surface area (Å²) in [5.41, 5.74) is 0.975. The fourth-order valence-electron chi connectivity index (χ4n) is 2.07. The van der Waals surface area contributed by atoms with Gasteiger partial charge in [0.25, 0.3) is 0 Å². The topological polar surface area (TPSA) is 50.1 Å². The highest BCUT2D eigenvalue weighted by atomic mass is 16.5. The van der Waals surface area contributed by atoms with Gasteiger partial charge in [-0.2, -0.15) is 5.26 Å². The first-order chi connectivity index (χ1) is 9.58. The number of carbonyl (C=O) groups excluding carboxylic acids is 1. The Morgan fingerprint density at radius 2 is 2.10 bits per heavy atom. The summed E-state index contributed by atoms with van der Waals surface area (Å²) in [6.45, 7) is 5.70. The molecule has 1 aromatic carbocycles. The van der Waals surface area contributed by atoms with E-state index in [4.69, 9.17) is 10.00 Å². The van der Waals surface area contributed by atoms with Crippen LogP contribution in [0.2, 0.25) is 0 Å². The van der Waals surface area contributed by atoms with Gasteiger partial charge in [0.2, 0.25) is 0 Å². The Hall–Kier alpha value is -1.82. The maximum absolute atomic E-state index is 11.3. The van der Waals surface area contributed by atoms with Crippen LogP contribution in [0.5, 0.6) is 5.75 Å². The lowest BCUT2D eigenvalue weighted by Crippen LogP contribution is -2.12. The molecular formula is C17H23NO2. The number of rotatable bonds is 8. The molecule has 3 heteroatoms. The van der Waals surface area contributed by atoms with Crippen molar-refractivity contribution in [1.82, 2.24) is 0 Å². The third-order valence-corrected chi connectivity index (χ3v) is 3.30. The van der Waals surface area contributed by atoms with Gasteiger partial charge in [-0.3, -0.25) is 4.79 Å². The number of hydrogen-bond donors (Lipinski definition) is 0. The molecular weight excluding hydrogens is 250 g/mol. The van der Waals surface area contributed by atoms with Crippen LogP contribution in [0.3, 0.4) is 0 Å². The number of carbonyl (C=O) groups is 1. The van der Waals surface area contributed by atoms with Crippen molar-refractivity contribution in [2.45, 2.75) is 59.0 Å². The van der Waals surface area contributed by atoms with Gasteiger partial charge in [-0.05, 0) is 44.9 Å². The molecule has 0 N–H and O–H groups in total. The van der Waals surface area contributed by atoms with Crippen molar-refractivity contribution in [2.24, 2.45) is 0 Å². The summed E-state index contributed by atoms with van der Waals surface area (Å²) in [7, 11) is 0. The molecule has 0 aliphatic rings. The first kappa shape index (κ1) is 16.2. The van der Waals surface area contributed by atoms with Gasteiger partial charge in [-0.1, -0.05) is 26.2 Å². The maximum Gasteiger partial charge on any atom is 0.159 e. The molecule has 0 saturated carbocycles. The average Bonchev–Trinajstić information content (AvgIpc) is 2.43. The molecule has 1 aromatic rings. The summed E-state index contributed by atoms with van der Waals surface area (Å²) in [6.07, 6.45) is 5.91. The van der Waals surface area contributed by atoms with Crippen molar-refractivity contribution in [2.75, 3.05) is 0 Å². The molecule has 20 heavy (non-hydrogen) atoms. The van der Waals surface area contributed by atoms with Crippen LogP contribution < -0.4 is 4.74 Å². The van der Waals surface area contributed by atoms with Gasteiger partial charge in [0.1, 0.15) is 11.8 Å². The smallest absolute Gasteiger partial charge is 0.159 e. The number of ketones is 1. The van der Waals surface area contributed by atoms with E-state index in [2.05, 4.69) is 13.0 Å². The lowest BCUT2D eigenvalue weighted by Gasteiger charge is -2.16. The second kappa shape index (κ2) is 8.37. The van der Waals surface area contributed by atoms with Gasteiger partial charge in [-0.15, -0.1) is 0 Å². The molecule has 1 rings (SSSR count). The molecule has 3 nitrogen and oxygen atoms in total. The SMILES string of the molecule is CCCCCCC(C)Oc1ccc(C(C)=O)cc1C#N.